The van der Waals surface area contributed by atoms with Gasteiger partial charge < -0.3 is 24.3 Å². The Morgan fingerprint density at radius 3 is 2.86 bits per heavy atom. The predicted octanol–water partition coefficient (Wildman–Crippen LogP) is 3.76. The number of carbonyl (C=O) groups is 1. The molecular weight excluding hydrogens is 358 g/mol. The monoisotopic (exact) mass is 381 g/mol. The van der Waals surface area contributed by atoms with Crippen LogP contribution in [0, 0.1) is 0 Å². The van der Waals surface area contributed by atoms with Crippen molar-refractivity contribution in [3.8, 4) is 17.2 Å². The van der Waals surface area contributed by atoms with Gasteiger partial charge in [-0.25, -0.2) is 0 Å². The molecule has 0 fully saturated rings. The molecule has 2 aliphatic heterocycles. The zero-order valence-corrected chi connectivity index (χ0v) is 15.8. The maximum Gasteiger partial charge on any atom is 0.251 e. The Hall–Kier alpha value is -3.15. The number of methoxy groups -OCH3 is 1. The van der Waals surface area contributed by atoms with Gasteiger partial charge in [-0.2, -0.15) is 0 Å². The lowest BCUT2D eigenvalue weighted by atomic mass is 9.97. The summed E-state index contributed by atoms with van der Waals surface area (Å²) in [6, 6.07) is 11.0. The number of aryl methyl sites for hydroxylation is 1. The van der Waals surface area contributed by atoms with E-state index < -0.39 is 0 Å². The molecule has 0 saturated heterocycles. The summed E-state index contributed by atoms with van der Waals surface area (Å²) < 4.78 is 21.7. The second kappa shape index (κ2) is 7.84. The second-order valence-corrected chi connectivity index (χ2v) is 6.86. The number of fused-ring (bicyclic) bond motifs is 2. The molecule has 6 heteroatoms. The maximum atomic E-state index is 12.9. The highest BCUT2D eigenvalue weighted by Gasteiger charge is 2.22. The molecule has 0 radical (unpaired) electrons. The molecule has 1 atom stereocenters. The van der Waals surface area contributed by atoms with E-state index in [1.165, 1.54) is 5.56 Å². The van der Waals surface area contributed by atoms with Crippen LogP contribution in [0.3, 0.4) is 0 Å². The standard InChI is InChI=1S/C22H23NO5/c1-14(25-2)10-18(16-6-5-15-4-3-9-26-20(15)11-16)23-22(24)17-7-8-19-21(12-17)28-13-27-19/h5-8,11-12,18H,1,3-4,9-10,13H2,2H3,(H,23,24). The van der Waals surface area contributed by atoms with Crippen LogP contribution in [0.2, 0.25) is 0 Å². The van der Waals surface area contributed by atoms with Crippen molar-refractivity contribution < 1.29 is 23.7 Å². The molecule has 0 aliphatic carbocycles. The van der Waals surface area contributed by atoms with Crippen LogP contribution in [0.15, 0.2) is 48.7 Å². The third kappa shape index (κ3) is 3.76. The number of ether oxygens (including phenoxy) is 4. The van der Waals surface area contributed by atoms with E-state index in [1.54, 1.807) is 25.3 Å². The minimum atomic E-state index is -0.291. The van der Waals surface area contributed by atoms with Gasteiger partial charge in [-0.3, -0.25) is 4.79 Å². The lowest BCUT2D eigenvalue weighted by Crippen LogP contribution is -2.29. The van der Waals surface area contributed by atoms with E-state index in [0.717, 1.165) is 30.8 Å². The van der Waals surface area contributed by atoms with Gasteiger partial charge in [0.15, 0.2) is 11.5 Å². The minimum Gasteiger partial charge on any atom is -0.502 e. The first kappa shape index (κ1) is 18.2. The smallest absolute Gasteiger partial charge is 0.251 e. The average Bonchev–Trinajstić information content (AvgIpc) is 3.20. The fraction of sp³-hybridized carbons (Fsp3) is 0.318. The molecule has 0 saturated carbocycles. The molecule has 0 spiro atoms. The molecule has 6 nitrogen and oxygen atoms in total. The van der Waals surface area contributed by atoms with Crippen LogP contribution in [0.1, 0.15) is 40.4 Å². The van der Waals surface area contributed by atoms with Crippen LogP contribution < -0.4 is 19.5 Å². The fourth-order valence-corrected chi connectivity index (χ4v) is 3.42. The fourth-order valence-electron chi connectivity index (χ4n) is 3.42. The van der Waals surface area contributed by atoms with Crippen molar-refractivity contribution in [3.63, 3.8) is 0 Å². The first-order chi connectivity index (χ1) is 13.6. The molecule has 2 aliphatic rings. The largest absolute Gasteiger partial charge is 0.502 e. The summed E-state index contributed by atoms with van der Waals surface area (Å²) in [7, 11) is 1.58. The molecule has 2 heterocycles. The van der Waals surface area contributed by atoms with E-state index in [-0.39, 0.29) is 18.7 Å². The number of hydrogen-bond acceptors (Lipinski definition) is 5. The highest BCUT2D eigenvalue weighted by atomic mass is 16.7. The lowest BCUT2D eigenvalue weighted by molar-refractivity contribution is 0.0932. The minimum absolute atomic E-state index is 0.172. The van der Waals surface area contributed by atoms with Crippen molar-refractivity contribution in [2.24, 2.45) is 0 Å². The van der Waals surface area contributed by atoms with Crippen molar-refractivity contribution in [3.05, 3.63) is 65.4 Å². The Bertz CT molecular complexity index is 908. The van der Waals surface area contributed by atoms with Crippen LogP contribution in [-0.4, -0.2) is 26.4 Å². The van der Waals surface area contributed by atoms with Crippen LogP contribution in [0.25, 0.3) is 0 Å². The number of nitrogens with one attached hydrogen (secondary N) is 1. The van der Waals surface area contributed by atoms with Crippen molar-refractivity contribution in [2.75, 3.05) is 20.5 Å². The Kier molecular flexibility index (Phi) is 5.10. The Morgan fingerprint density at radius 1 is 1.14 bits per heavy atom. The Morgan fingerprint density at radius 2 is 2.00 bits per heavy atom. The first-order valence-electron chi connectivity index (χ1n) is 9.32. The topological polar surface area (TPSA) is 66.0 Å². The number of hydrogen-bond donors (Lipinski definition) is 1. The van der Waals surface area contributed by atoms with Gasteiger partial charge in [-0.05, 0) is 48.2 Å². The highest BCUT2D eigenvalue weighted by Crippen LogP contribution is 2.33. The SMILES string of the molecule is C=C(CC(NC(=O)c1ccc2c(c1)OCO2)c1ccc2c(c1)OCCC2)OC. The third-order valence-corrected chi connectivity index (χ3v) is 5.00. The van der Waals surface area contributed by atoms with Gasteiger partial charge in [0.1, 0.15) is 5.75 Å². The summed E-state index contributed by atoms with van der Waals surface area (Å²) in [6.07, 6.45) is 2.50. The first-order valence-corrected chi connectivity index (χ1v) is 9.32. The number of carbonyl (C=O) groups excluding carboxylic acids is 1. The van der Waals surface area contributed by atoms with E-state index in [4.69, 9.17) is 18.9 Å². The Labute approximate surface area is 164 Å². The zero-order chi connectivity index (χ0) is 19.5. The number of rotatable bonds is 6. The lowest BCUT2D eigenvalue weighted by Gasteiger charge is -2.23. The number of benzene rings is 2. The van der Waals surface area contributed by atoms with E-state index in [9.17, 15) is 4.79 Å². The van der Waals surface area contributed by atoms with E-state index >= 15 is 0 Å². The van der Waals surface area contributed by atoms with Gasteiger partial charge in [0.25, 0.3) is 5.91 Å². The average molecular weight is 381 g/mol. The van der Waals surface area contributed by atoms with Gasteiger partial charge in [0.05, 0.1) is 25.5 Å². The zero-order valence-electron chi connectivity index (χ0n) is 15.8. The second-order valence-electron chi connectivity index (χ2n) is 6.86. The van der Waals surface area contributed by atoms with Crippen molar-refractivity contribution >= 4 is 5.91 Å². The Balaban J connectivity index is 1.57. The molecule has 1 N–H and O–H groups in total. The summed E-state index contributed by atoms with van der Waals surface area (Å²) in [4.78, 5) is 12.9. The van der Waals surface area contributed by atoms with Gasteiger partial charge in [0, 0.05) is 12.0 Å². The molecule has 2 aromatic rings. The summed E-state index contributed by atoms with van der Waals surface area (Å²) in [5.74, 6) is 2.50. The van der Waals surface area contributed by atoms with Gasteiger partial charge in [-0.15, -0.1) is 0 Å². The quantitative estimate of drug-likeness (QED) is 0.772. The summed E-state index contributed by atoms with van der Waals surface area (Å²) in [5.41, 5.74) is 2.65. The molecule has 28 heavy (non-hydrogen) atoms. The van der Waals surface area contributed by atoms with Gasteiger partial charge in [-0.1, -0.05) is 18.7 Å². The maximum absolute atomic E-state index is 12.9. The molecule has 0 bridgehead atoms. The van der Waals surface area contributed by atoms with E-state index in [2.05, 4.69) is 18.0 Å². The molecule has 4 rings (SSSR count). The molecule has 1 amide bonds. The molecule has 0 aromatic heterocycles. The normalized spacial score (nSPS) is 15.2. The van der Waals surface area contributed by atoms with Crippen molar-refractivity contribution in [1.29, 1.82) is 0 Å². The van der Waals surface area contributed by atoms with Crippen LogP contribution in [0.4, 0.5) is 0 Å². The van der Waals surface area contributed by atoms with E-state index in [0.29, 0.717) is 29.2 Å². The van der Waals surface area contributed by atoms with Crippen molar-refractivity contribution in [1.82, 2.24) is 5.32 Å². The molecule has 2 aromatic carbocycles. The summed E-state index contributed by atoms with van der Waals surface area (Å²) >= 11 is 0. The molecule has 146 valence electrons. The van der Waals surface area contributed by atoms with Crippen LogP contribution in [-0.2, 0) is 11.2 Å². The summed E-state index contributed by atoms with van der Waals surface area (Å²) in [6.45, 7) is 4.80. The number of amides is 1. The highest BCUT2D eigenvalue weighted by molar-refractivity contribution is 5.95. The van der Waals surface area contributed by atoms with Crippen LogP contribution >= 0.6 is 0 Å². The third-order valence-electron chi connectivity index (χ3n) is 5.00. The molecular formula is C22H23NO5. The predicted molar refractivity (Wildman–Crippen MR) is 104 cm³/mol. The van der Waals surface area contributed by atoms with Crippen LogP contribution in [0.5, 0.6) is 17.2 Å². The van der Waals surface area contributed by atoms with Gasteiger partial charge in [0.2, 0.25) is 6.79 Å². The van der Waals surface area contributed by atoms with Gasteiger partial charge >= 0.3 is 0 Å². The summed E-state index contributed by atoms with van der Waals surface area (Å²) in [5, 5.41) is 3.08. The molecule has 1 unspecified atom stereocenters. The van der Waals surface area contributed by atoms with E-state index in [1.807, 2.05) is 12.1 Å². The van der Waals surface area contributed by atoms with Crippen molar-refractivity contribution in [2.45, 2.75) is 25.3 Å².